The van der Waals surface area contributed by atoms with Crippen molar-refractivity contribution in [3.63, 3.8) is 0 Å². The standard InChI is InChI=1S/C18H20N8O7S2/c1-7(27)32-5-9-13(17(30)31)24-11(28)2-12(24)35-16(9)21-15(29)14-10-6-34-18(19)25(10)26(14)33-4-8-3-20-23-22-8/h3,6,12,14,16,18H,2,4-5,19H2,1H3,(H,21,29)(H,30,31)(H,20,22,23)/t12-,14?,16?,18?/m0/s1. The second kappa shape index (κ2) is 9.15. The van der Waals surface area contributed by atoms with E-state index in [2.05, 4.69) is 20.7 Å². The van der Waals surface area contributed by atoms with Crippen LogP contribution in [0, 0.1) is 0 Å². The summed E-state index contributed by atoms with van der Waals surface area (Å²) in [7, 11) is 0. The van der Waals surface area contributed by atoms with Crippen LogP contribution in [0.2, 0.25) is 0 Å². The van der Waals surface area contributed by atoms with E-state index in [0.717, 1.165) is 4.90 Å². The van der Waals surface area contributed by atoms with Crippen LogP contribution in [-0.2, 0) is 35.4 Å². The van der Waals surface area contributed by atoms with Gasteiger partial charge in [0.2, 0.25) is 11.8 Å². The summed E-state index contributed by atoms with van der Waals surface area (Å²) in [5, 5.41) is 26.1. The third kappa shape index (κ3) is 4.14. The molecule has 186 valence electrons. The molecule has 4 atom stereocenters. The summed E-state index contributed by atoms with van der Waals surface area (Å²) < 4.78 is 5.05. The van der Waals surface area contributed by atoms with Crippen LogP contribution in [0.1, 0.15) is 19.0 Å². The predicted octanol–water partition coefficient (Wildman–Crippen LogP) is -1.38. The van der Waals surface area contributed by atoms with E-state index < -0.39 is 46.7 Å². The summed E-state index contributed by atoms with van der Waals surface area (Å²) >= 11 is 2.51. The van der Waals surface area contributed by atoms with Gasteiger partial charge in [-0.1, -0.05) is 16.9 Å². The number of hydroxylamine groups is 1. The highest BCUT2D eigenvalue weighted by Gasteiger charge is 2.54. The minimum atomic E-state index is -1.35. The molecule has 4 aliphatic rings. The fourth-order valence-electron chi connectivity index (χ4n) is 3.97. The second-order valence-corrected chi connectivity index (χ2v) is 10.0. The van der Waals surface area contributed by atoms with E-state index >= 15 is 0 Å². The predicted molar refractivity (Wildman–Crippen MR) is 118 cm³/mol. The molecule has 4 aliphatic heterocycles. The highest BCUT2D eigenvalue weighted by Crippen LogP contribution is 2.45. The van der Waals surface area contributed by atoms with Gasteiger partial charge in [-0.05, 0) is 5.41 Å². The summed E-state index contributed by atoms with van der Waals surface area (Å²) in [5.41, 5.74) is 6.55. The van der Waals surface area contributed by atoms with Crippen LogP contribution in [0.15, 0.2) is 28.6 Å². The first-order valence-electron chi connectivity index (χ1n) is 10.3. The first kappa shape index (κ1) is 23.6. The van der Waals surface area contributed by atoms with Crippen molar-refractivity contribution < 1.29 is 33.9 Å². The van der Waals surface area contributed by atoms with Crippen LogP contribution in [0.3, 0.4) is 0 Å². The van der Waals surface area contributed by atoms with Gasteiger partial charge in [-0.15, -0.1) is 11.8 Å². The molecule has 17 heteroatoms. The van der Waals surface area contributed by atoms with Gasteiger partial charge in [0.05, 0.1) is 23.7 Å². The molecule has 0 aliphatic carbocycles. The number of hydrogen-bond donors (Lipinski definition) is 4. The maximum atomic E-state index is 13.4. The van der Waals surface area contributed by atoms with Gasteiger partial charge in [0.1, 0.15) is 35.5 Å². The molecule has 5 N–H and O–H groups in total. The number of H-pyrrole nitrogens is 1. The van der Waals surface area contributed by atoms with Crippen molar-refractivity contribution in [3.05, 3.63) is 34.3 Å². The first-order valence-corrected chi connectivity index (χ1v) is 12.2. The Hall–Kier alpha value is -3.12. The van der Waals surface area contributed by atoms with Crippen LogP contribution in [0.4, 0.5) is 0 Å². The summed E-state index contributed by atoms with van der Waals surface area (Å²) in [6, 6.07) is -0.868. The average Bonchev–Trinajstić information content (AvgIpc) is 3.40. The summed E-state index contributed by atoms with van der Waals surface area (Å²) in [4.78, 5) is 55.8. The lowest BCUT2D eigenvalue weighted by atomic mass is 10.1. The van der Waals surface area contributed by atoms with Crippen LogP contribution in [0.5, 0.6) is 0 Å². The number of carboxylic acid groups (broad SMARTS) is 1. The van der Waals surface area contributed by atoms with E-state index in [1.807, 2.05) is 0 Å². The monoisotopic (exact) mass is 524 g/mol. The molecule has 0 bridgehead atoms. The third-order valence-corrected chi connectivity index (χ3v) is 7.79. The Morgan fingerprint density at radius 2 is 2.17 bits per heavy atom. The number of esters is 1. The number of thioether (sulfide) groups is 2. The average molecular weight is 525 g/mol. The topological polar surface area (TPSA) is 196 Å². The number of carboxylic acids is 1. The zero-order valence-corrected chi connectivity index (χ0v) is 19.7. The number of aromatic amines is 1. The molecular formula is C18H20N8O7S2. The Morgan fingerprint density at radius 1 is 1.37 bits per heavy atom. The van der Waals surface area contributed by atoms with E-state index in [0.29, 0.717) is 11.4 Å². The van der Waals surface area contributed by atoms with E-state index in [1.165, 1.54) is 41.8 Å². The molecule has 0 spiro atoms. The van der Waals surface area contributed by atoms with Crippen LogP contribution in [0.25, 0.3) is 0 Å². The van der Waals surface area contributed by atoms with Crippen molar-refractivity contribution >= 4 is 47.3 Å². The Kier molecular flexibility index (Phi) is 6.18. The van der Waals surface area contributed by atoms with Crippen molar-refractivity contribution in [2.75, 3.05) is 6.61 Å². The zero-order valence-electron chi connectivity index (χ0n) is 18.1. The number of nitrogens with zero attached hydrogens (tertiary/aromatic N) is 5. The molecule has 15 nitrogen and oxygen atoms in total. The maximum absolute atomic E-state index is 13.4. The lowest BCUT2D eigenvalue weighted by Gasteiger charge is -2.51. The molecule has 1 aromatic rings. The highest BCUT2D eigenvalue weighted by molar-refractivity contribution is 8.02. The van der Waals surface area contributed by atoms with Crippen molar-refractivity contribution in [2.45, 2.75) is 42.2 Å². The van der Waals surface area contributed by atoms with Crippen molar-refractivity contribution in [3.8, 4) is 0 Å². The first-order chi connectivity index (χ1) is 16.8. The van der Waals surface area contributed by atoms with E-state index in [1.54, 1.807) is 10.4 Å². The Morgan fingerprint density at radius 3 is 2.83 bits per heavy atom. The van der Waals surface area contributed by atoms with Crippen LogP contribution < -0.4 is 11.1 Å². The molecule has 0 aromatic carbocycles. The largest absolute Gasteiger partial charge is 0.477 e. The van der Waals surface area contributed by atoms with Gasteiger partial charge in [0.15, 0.2) is 6.04 Å². The van der Waals surface area contributed by atoms with Crippen LogP contribution >= 0.6 is 23.5 Å². The summed E-state index contributed by atoms with van der Waals surface area (Å²) in [6.45, 7) is 0.820. The number of ether oxygens (including phenoxy) is 1. The maximum Gasteiger partial charge on any atom is 0.352 e. The number of hydrazine groups is 1. The fourth-order valence-corrected chi connectivity index (χ4v) is 6.24. The molecule has 3 unspecified atom stereocenters. The smallest absolute Gasteiger partial charge is 0.352 e. The number of carbonyl (C=O) groups excluding carboxylic acids is 3. The van der Waals surface area contributed by atoms with E-state index in [-0.39, 0.29) is 30.2 Å². The quantitative estimate of drug-likeness (QED) is 0.229. The number of carbonyl (C=O) groups is 4. The normalized spacial score (nSPS) is 27.5. The number of fused-ring (bicyclic) bond motifs is 2. The highest BCUT2D eigenvalue weighted by atomic mass is 32.2. The number of nitrogens with two attached hydrogens (primary N) is 1. The number of rotatable bonds is 8. The number of β-lactam (4-membered cyclic amide) rings is 1. The Bertz CT molecular complexity index is 1140. The molecule has 35 heavy (non-hydrogen) atoms. The van der Waals surface area contributed by atoms with Gasteiger partial charge in [-0.25, -0.2) is 4.79 Å². The van der Waals surface area contributed by atoms with E-state index in [4.69, 9.17) is 15.3 Å². The molecule has 1 aromatic heterocycles. The lowest BCUT2D eigenvalue weighted by Crippen LogP contribution is -2.69. The lowest BCUT2D eigenvalue weighted by molar-refractivity contribution is -0.341. The molecule has 0 saturated carbocycles. The minimum Gasteiger partial charge on any atom is -0.477 e. The minimum absolute atomic E-state index is 0.0273. The Balaban J connectivity index is 1.37. The van der Waals surface area contributed by atoms with Crippen molar-refractivity contribution in [1.29, 1.82) is 0 Å². The number of aromatic nitrogens is 3. The van der Waals surface area contributed by atoms with Crippen LogP contribution in [-0.4, -0.2) is 88.2 Å². The number of nitrogens with one attached hydrogen (secondary N) is 2. The van der Waals surface area contributed by atoms with E-state index in [9.17, 15) is 24.3 Å². The van der Waals surface area contributed by atoms with Gasteiger partial charge in [0.25, 0.3) is 0 Å². The van der Waals surface area contributed by atoms with Crippen molar-refractivity contribution in [1.82, 2.24) is 35.8 Å². The SMILES string of the molecule is CC(=O)OCC1=C(C(=O)O)N2C(=O)C[C@@H]2SC1NC(=O)C1C2=CSC(N)N2N1OCc1cn[nH]n1. The fraction of sp³-hybridized carbons (Fsp3) is 0.444. The molecular weight excluding hydrogens is 504 g/mol. The van der Waals surface area contributed by atoms with Gasteiger partial charge in [0, 0.05) is 12.5 Å². The Labute approximate surface area is 205 Å². The molecule has 2 saturated heterocycles. The van der Waals surface area contributed by atoms with Crippen molar-refractivity contribution in [2.24, 2.45) is 5.73 Å². The van der Waals surface area contributed by atoms with Gasteiger partial charge < -0.3 is 20.9 Å². The van der Waals surface area contributed by atoms with Gasteiger partial charge >= 0.3 is 11.9 Å². The number of amides is 2. The number of hydrogen-bond acceptors (Lipinski definition) is 13. The molecule has 5 heterocycles. The second-order valence-electron chi connectivity index (χ2n) is 7.76. The molecule has 5 rings (SSSR count). The van der Waals surface area contributed by atoms with Gasteiger partial charge in [-0.3, -0.25) is 29.1 Å². The number of aliphatic carboxylic acids is 1. The summed E-state index contributed by atoms with van der Waals surface area (Å²) in [5.74, 6) is -2.81. The molecule has 2 fully saturated rings. The summed E-state index contributed by atoms with van der Waals surface area (Å²) in [6.07, 6.45) is 1.61. The van der Waals surface area contributed by atoms with Gasteiger partial charge in [-0.2, -0.15) is 15.4 Å². The molecule has 2 amide bonds. The third-order valence-electron chi connectivity index (χ3n) is 5.57. The molecule has 0 radical (unpaired) electrons. The zero-order chi connectivity index (χ0) is 24.9.